The van der Waals surface area contributed by atoms with Gasteiger partial charge in [-0.3, -0.25) is 0 Å². The maximum Gasteiger partial charge on any atom is 0.0714 e. The van der Waals surface area contributed by atoms with Gasteiger partial charge in [0.25, 0.3) is 0 Å². The van der Waals surface area contributed by atoms with Crippen molar-refractivity contribution in [2.75, 3.05) is 4.90 Å². The van der Waals surface area contributed by atoms with Crippen LogP contribution in [0.25, 0.3) is 53.6 Å². The van der Waals surface area contributed by atoms with Crippen molar-refractivity contribution >= 4 is 48.6 Å². The molecule has 1 unspecified atom stereocenters. The molecule has 0 amide bonds. The Balaban J connectivity index is 1.09. The van der Waals surface area contributed by atoms with Crippen molar-refractivity contribution in [1.82, 2.24) is 0 Å². The summed E-state index contributed by atoms with van der Waals surface area (Å²) in [7, 11) is 0. The van der Waals surface area contributed by atoms with Crippen LogP contribution < -0.4 is 4.90 Å². The van der Waals surface area contributed by atoms with E-state index in [1.807, 2.05) is 11.3 Å². The maximum absolute atomic E-state index is 2.54. The van der Waals surface area contributed by atoms with Gasteiger partial charge in [-0.2, -0.15) is 0 Å². The first-order valence-electron chi connectivity index (χ1n) is 22.6. The minimum atomic E-state index is -0.525. The molecule has 0 spiro atoms. The van der Waals surface area contributed by atoms with Crippen molar-refractivity contribution in [3.63, 3.8) is 0 Å². The molecule has 0 radical (unpaired) electrons. The zero-order valence-electron chi connectivity index (χ0n) is 35.9. The quantitative estimate of drug-likeness (QED) is 0.154. The first-order chi connectivity index (χ1) is 32.1. The van der Waals surface area contributed by atoms with Crippen molar-refractivity contribution in [3.8, 4) is 33.4 Å². The van der Waals surface area contributed by atoms with Crippen molar-refractivity contribution in [2.24, 2.45) is 0 Å². The summed E-state index contributed by atoms with van der Waals surface area (Å²) >= 11 is 1.89. The first kappa shape index (κ1) is 37.7. The second kappa shape index (κ2) is 14.6. The number of anilines is 3. The average Bonchev–Trinajstić information content (AvgIpc) is 4.00. The molecule has 0 N–H and O–H groups in total. The van der Waals surface area contributed by atoms with Gasteiger partial charge in [-0.25, -0.2) is 0 Å². The Bertz CT molecular complexity index is 3580. The summed E-state index contributed by atoms with van der Waals surface area (Å²) in [6.45, 7) is 2.40. The van der Waals surface area contributed by atoms with Crippen LogP contribution in [0.3, 0.4) is 0 Å². The molecule has 2 heteroatoms. The summed E-state index contributed by atoms with van der Waals surface area (Å²) in [6, 6.07) is 90.4. The number of benzene rings is 10. The van der Waals surface area contributed by atoms with Crippen molar-refractivity contribution in [1.29, 1.82) is 0 Å². The minimum absolute atomic E-state index is 0.294. The van der Waals surface area contributed by atoms with Crippen LogP contribution in [-0.4, -0.2) is 0 Å². The molecule has 0 bridgehead atoms. The molecule has 1 aromatic heterocycles. The van der Waals surface area contributed by atoms with Crippen molar-refractivity contribution in [3.05, 3.63) is 282 Å². The van der Waals surface area contributed by atoms with E-state index in [4.69, 9.17) is 0 Å². The van der Waals surface area contributed by atoms with Gasteiger partial charge < -0.3 is 4.90 Å². The highest BCUT2D eigenvalue weighted by atomic mass is 32.1. The number of hydrogen-bond donors (Lipinski definition) is 0. The predicted octanol–water partition coefficient (Wildman–Crippen LogP) is 16.9. The Morgan fingerprint density at radius 3 is 1.69 bits per heavy atom. The molecule has 11 aromatic rings. The number of nitrogens with zero attached hydrogens (tertiary/aromatic N) is 1. The fraction of sp³-hybridized carbons (Fsp3) is 0.0476. The van der Waals surface area contributed by atoms with Crippen LogP contribution in [0.2, 0.25) is 0 Å². The third-order valence-electron chi connectivity index (χ3n) is 14.4. The Morgan fingerprint density at radius 2 is 0.923 bits per heavy atom. The summed E-state index contributed by atoms with van der Waals surface area (Å²) in [4.78, 5) is 2.54. The zero-order chi connectivity index (χ0) is 43.1. The lowest BCUT2D eigenvalue weighted by molar-refractivity contribution is 0.714. The molecule has 2 aliphatic rings. The van der Waals surface area contributed by atoms with E-state index in [9.17, 15) is 0 Å². The maximum atomic E-state index is 2.54. The molecule has 0 saturated carbocycles. The molecule has 306 valence electrons. The van der Waals surface area contributed by atoms with E-state index in [2.05, 4.69) is 254 Å². The molecule has 1 heterocycles. The van der Waals surface area contributed by atoms with Crippen molar-refractivity contribution < 1.29 is 0 Å². The van der Waals surface area contributed by atoms with Gasteiger partial charge in [-0.15, -0.1) is 11.3 Å². The van der Waals surface area contributed by atoms with E-state index in [-0.39, 0.29) is 5.41 Å². The first-order valence-corrected chi connectivity index (χ1v) is 23.4. The largest absolute Gasteiger partial charge is 0.310 e. The second-order valence-electron chi connectivity index (χ2n) is 17.7. The number of rotatable bonds is 7. The van der Waals surface area contributed by atoms with Crippen LogP contribution in [0, 0.1) is 0 Å². The van der Waals surface area contributed by atoms with Crippen LogP contribution in [-0.2, 0) is 10.8 Å². The lowest BCUT2D eigenvalue weighted by atomic mass is 9.68. The fourth-order valence-corrected chi connectivity index (χ4v) is 12.8. The van der Waals surface area contributed by atoms with Crippen LogP contribution in [0.4, 0.5) is 17.1 Å². The highest BCUT2D eigenvalue weighted by Crippen LogP contribution is 2.60. The van der Waals surface area contributed by atoms with Gasteiger partial charge in [-0.05, 0) is 110 Å². The third-order valence-corrected chi connectivity index (χ3v) is 15.6. The van der Waals surface area contributed by atoms with Crippen molar-refractivity contribution in [2.45, 2.75) is 17.8 Å². The summed E-state index contributed by atoms with van der Waals surface area (Å²) in [5.74, 6) is 0. The second-order valence-corrected chi connectivity index (χ2v) is 18.7. The molecule has 10 aromatic carbocycles. The average molecular weight is 846 g/mol. The highest BCUT2D eigenvalue weighted by Gasteiger charge is 2.47. The summed E-state index contributed by atoms with van der Waals surface area (Å²) in [5.41, 5.74) is 19.2. The monoisotopic (exact) mass is 845 g/mol. The minimum Gasteiger partial charge on any atom is -0.310 e. The van der Waals surface area contributed by atoms with Crippen LogP contribution >= 0.6 is 11.3 Å². The summed E-state index contributed by atoms with van der Waals surface area (Å²) in [6.07, 6.45) is 0. The lowest BCUT2D eigenvalue weighted by Gasteiger charge is -2.34. The van der Waals surface area contributed by atoms with E-state index in [0.29, 0.717) is 0 Å². The number of hydrogen-bond acceptors (Lipinski definition) is 2. The fourth-order valence-electron chi connectivity index (χ4n) is 11.6. The Kier molecular flexibility index (Phi) is 8.50. The predicted molar refractivity (Wildman–Crippen MR) is 274 cm³/mol. The SMILES string of the molecule is CC1(c2ccccc2)c2ccccc2-c2cc(N(c3cccc(-c4cccc5c4sc4ccccc45)c3)c3cccc4c3-c3ccccc3C4(c3ccccc3)c3ccccc3)ccc21. The van der Waals surface area contributed by atoms with Gasteiger partial charge in [0, 0.05) is 42.5 Å². The molecule has 1 atom stereocenters. The Labute approximate surface area is 384 Å². The van der Waals surface area contributed by atoms with E-state index in [1.54, 1.807) is 0 Å². The molecular formula is C63H43NS. The number of thiophene rings is 1. The molecule has 0 fully saturated rings. The van der Waals surface area contributed by atoms with E-state index in [0.717, 1.165) is 17.1 Å². The highest BCUT2D eigenvalue weighted by molar-refractivity contribution is 7.26. The van der Waals surface area contributed by atoms with Gasteiger partial charge >= 0.3 is 0 Å². The molecule has 65 heavy (non-hydrogen) atoms. The molecule has 1 nitrogen and oxygen atoms in total. The lowest BCUT2D eigenvalue weighted by Crippen LogP contribution is -2.28. The van der Waals surface area contributed by atoms with E-state index < -0.39 is 5.41 Å². The third kappa shape index (κ3) is 5.45. The van der Waals surface area contributed by atoms with Crippen LogP contribution in [0.5, 0.6) is 0 Å². The smallest absolute Gasteiger partial charge is 0.0714 e. The van der Waals surface area contributed by atoms with Gasteiger partial charge in [-0.1, -0.05) is 206 Å². The Morgan fingerprint density at radius 1 is 0.369 bits per heavy atom. The summed E-state index contributed by atoms with van der Waals surface area (Å²) in [5, 5.41) is 2.62. The zero-order valence-corrected chi connectivity index (χ0v) is 36.8. The van der Waals surface area contributed by atoms with Gasteiger partial charge in [0.15, 0.2) is 0 Å². The molecule has 13 rings (SSSR count). The van der Waals surface area contributed by atoms with Crippen LogP contribution in [0.1, 0.15) is 45.9 Å². The topological polar surface area (TPSA) is 3.24 Å². The summed E-state index contributed by atoms with van der Waals surface area (Å²) < 4.78 is 2.63. The normalized spacial score (nSPS) is 15.3. The van der Waals surface area contributed by atoms with Gasteiger partial charge in [0.1, 0.15) is 0 Å². The molecule has 2 aliphatic carbocycles. The standard InChI is InChI=1S/C63H43NS/c1-62(43-21-5-2-6-22-43)54-33-14-11-28-49(54)53-41-47(38-39-55(53)62)64(46-27-17-20-42(40-46)48-31-18-32-51-50-29-13-16-37-59(50)65-61(48)51)58-36-19-35-57-60(58)52-30-12-15-34-56(52)63(57,44-23-7-3-8-24-44)45-25-9-4-10-26-45/h2-41H,1H3. The number of fused-ring (bicyclic) bond motifs is 9. The molecule has 0 saturated heterocycles. The molecular weight excluding hydrogens is 803 g/mol. The molecule has 0 aliphatic heterocycles. The Hall–Kier alpha value is -7.78. The van der Waals surface area contributed by atoms with Crippen LogP contribution in [0.15, 0.2) is 243 Å². The van der Waals surface area contributed by atoms with E-state index >= 15 is 0 Å². The van der Waals surface area contributed by atoms with Gasteiger partial charge in [0.05, 0.1) is 11.1 Å². The van der Waals surface area contributed by atoms with Gasteiger partial charge in [0.2, 0.25) is 0 Å². The van der Waals surface area contributed by atoms with E-state index in [1.165, 1.54) is 92.5 Å².